The van der Waals surface area contributed by atoms with E-state index in [1.807, 2.05) is 0 Å². The molecule has 1 amide bonds. The summed E-state index contributed by atoms with van der Waals surface area (Å²) >= 11 is 2.41. The fourth-order valence-electron chi connectivity index (χ4n) is 2.56. The SMILES string of the molecule is Cc1cc(CCCC(=O)NCCNS(=O)(=O)c2sc(=O)[nH]c2C)c(C)s1. The van der Waals surface area contributed by atoms with Gasteiger partial charge in [-0.25, -0.2) is 13.1 Å². The highest BCUT2D eigenvalue weighted by atomic mass is 32.2. The fraction of sp³-hybridized carbons (Fsp3) is 0.500. The molecule has 0 unspecified atom stereocenters. The van der Waals surface area contributed by atoms with Gasteiger partial charge < -0.3 is 10.3 Å². The number of sulfonamides is 1. The first kappa shape index (κ1) is 20.8. The molecule has 0 fully saturated rings. The average molecular weight is 418 g/mol. The fourth-order valence-corrected chi connectivity index (χ4v) is 5.91. The summed E-state index contributed by atoms with van der Waals surface area (Å²) in [7, 11) is -3.74. The number of thiazole rings is 1. The molecule has 0 saturated heterocycles. The number of H-pyrrole nitrogens is 1. The minimum absolute atomic E-state index is 0.0183. The van der Waals surface area contributed by atoms with Crippen LogP contribution in [0.5, 0.6) is 0 Å². The highest BCUT2D eigenvalue weighted by Gasteiger charge is 2.19. The number of aromatic nitrogens is 1. The van der Waals surface area contributed by atoms with Crippen LogP contribution < -0.4 is 14.9 Å². The van der Waals surface area contributed by atoms with E-state index < -0.39 is 14.9 Å². The van der Waals surface area contributed by atoms with Crippen molar-refractivity contribution < 1.29 is 13.2 Å². The molecule has 0 radical (unpaired) electrons. The second-order valence-corrected chi connectivity index (χ2v) is 10.4. The lowest BCUT2D eigenvalue weighted by Crippen LogP contribution is -2.34. The van der Waals surface area contributed by atoms with Gasteiger partial charge in [0.2, 0.25) is 5.91 Å². The first-order valence-electron chi connectivity index (χ1n) is 8.21. The molecule has 0 aromatic carbocycles. The average Bonchev–Trinajstić information content (AvgIpc) is 3.05. The zero-order valence-corrected chi connectivity index (χ0v) is 17.4. The minimum Gasteiger partial charge on any atom is -0.355 e. The molecule has 0 aliphatic rings. The van der Waals surface area contributed by atoms with Crippen molar-refractivity contribution in [2.24, 2.45) is 0 Å². The molecule has 144 valence electrons. The van der Waals surface area contributed by atoms with Gasteiger partial charge in [-0.2, -0.15) is 0 Å². The molecule has 0 aliphatic heterocycles. The molecular formula is C16H23N3O4S3. The Hall–Kier alpha value is -1.49. The molecule has 0 atom stereocenters. The van der Waals surface area contributed by atoms with Gasteiger partial charge >= 0.3 is 4.87 Å². The third-order valence-corrected chi connectivity index (χ3v) is 7.83. The van der Waals surface area contributed by atoms with E-state index in [0.717, 1.165) is 12.8 Å². The Labute approximate surface area is 160 Å². The largest absolute Gasteiger partial charge is 0.355 e. The van der Waals surface area contributed by atoms with Gasteiger partial charge in [0.05, 0.1) is 0 Å². The van der Waals surface area contributed by atoms with Crippen molar-refractivity contribution in [3.8, 4) is 0 Å². The smallest absolute Gasteiger partial charge is 0.305 e. The molecule has 0 aliphatic carbocycles. The van der Waals surface area contributed by atoms with Crippen molar-refractivity contribution in [1.29, 1.82) is 0 Å². The van der Waals surface area contributed by atoms with Crippen LogP contribution in [0.2, 0.25) is 0 Å². The molecule has 26 heavy (non-hydrogen) atoms. The molecule has 2 aromatic heterocycles. The topological polar surface area (TPSA) is 108 Å². The first-order chi connectivity index (χ1) is 12.2. The number of thiophene rings is 1. The minimum atomic E-state index is -3.74. The van der Waals surface area contributed by atoms with Crippen molar-refractivity contribution in [3.63, 3.8) is 0 Å². The monoisotopic (exact) mass is 417 g/mol. The van der Waals surface area contributed by atoms with Crippen LogP contribution in [0.4, 0.5) is 0 Å². The second kappa shape index (κ2) is 8.94. The Balaban J connectivity index is 1.69. The normalized spacial score (nSPS) is 11.7. The number of aromatic amines is 1. The first-order valence-corrected chi connectivity index (χ1v) is 11.3. The van der Waals surface area contributed by atoms with Gasteiger partial charge in [-0.1, -0.05) is 11.3 Å². The second-order valence-electron chi connectivity index (χ2n) is 5.97. The maximum atomic E-state index is 12.1. The number of carbonyl (C=O) groups excluding carboxylic acids is 1. The van der Waals surface area contributed by atoms with Crippen molar-refractivity contribution >= 4 is 38.6 Å². The van der Waals surface area contributed by atoms with E-state index in [9.17, 15) is 18.0 Å². The summed E-state index contributed by atoms with van der Waals surface area (Å²) in [6, 6.07) is 2.16. The van der Waals surface area contributed by atoms with Crippen LogP contribution in [0, 0.1) is 20.8 Å². The van der Waals surface area contributed by atoms with E-state index in [1.165, 1.54) is 22.2 Å². The van der Waals surface area contributed by atoms with E-state index >= 15 is 0 Å². The molecule has 0 spiro atoms. The van der Waals surface area contributed by atoms with Crippen molar-refractivity contribution in [3.05, 3.63) is 36.7 Å². The Morgan fingerprint density at radius 2 is 1.92 bits per heavy atom. The van der Waals surface area contributed by atoms with Gasteiger partial charge in [-0.3, -0.25) is 9.59 Å². The lowest BCUT2D eigenvalue weighted by atomic mass is 10.1. The number of nitrogens with one attached hydrogen (secondary N) is 3. The summed E-state index contributed by atoms with van der Waals surface area (Å²) in [5.74, 6) is -0.101. The standard InChI is InChI=1S/C16H23N3O4S3/c1-10-9-13(12(3)24-10)5-4-6-14(20)17-7-8-18-26(22,23)15-11(2)19-16(21)25-15/h9,18H,4-8H2,1-3H3,(H,17,20)(H,19,21). The van der Waals surface area contributed by atoms with E-state index in [0.29, 0.717) is 23.5 Å². The van der Waals surface area contributed by atoms with Crippen LogP contribution in [0.3, 0.4) is 0 Å². The Morgan fingerprint density at radius 3 is 2.50 bits per heavy atom. The van der Waals surface area contributed by atoms with Gasteiger partial charge in [0.1, 0.15) is 0 Å². The third-order valence-electron chi connectivity index (χ3n) is 3.76. The van der Waals surface area contributed by atoms with Gasteiger partial charge in [-0.05, 0) is 45.2 Å². The van der Waals surface area contributed by atoms with Crippen LogP contribution in [0.25, 0.3) is 0 Å². The van der Waals surface area contributed by atoms with Crippen LogP contribution in [0.15, 0.2) is 15.1 Å². The van der Waals surface area contributed by atoms with Gasteiger partial charge in [0.25, 0.3) is 10.0 Å². The number of amides is 1. The highest BCUT2D eigenvalue weighted by molar-refractivity contribution is 7.91. The highest BCUT2D eigenvalue weighted by Crippen LogP contribution is 2.22. The van der Waals surface area contributed by atoms with Crippen LogP contribution in [-0.4, -0.2) is 32.4 Å². The predicted molar refractivity (Wildman–Crippen MR) is 105 cm³/mol. The van der Waals surface area contributed by atoms with E-state index in [2.05, 4.69) is 34.9 Å². The number of hydrogen-bond acceptors (Lipinski definition) is 6. The van der Waals surface area contributed by atoms with E-state index in [4.69, 9.17) is 0 Å². The predicted octanol–water partition coefficient (Wildman–Crippen LogP) is 1.84. The molecule has 2 aromatic rings. The van der Waals surface area contributed by atoms with Crippen LogP contribution >= 0.6 is 22.7 Å². The molecule has 0 bridgehead atoms. The molecule has 3 N–H and O–H groups in total. The van der Waals surface area contributed by atoms with E-state index in [1.54, 1.807) is 11.3 Å². The van der Waals surface area contributed by atoms with Gasteiger partial charge in [-0.15, -0.1) is 11.3 Å². The zero-order chi connectivity index (χ0) is 19.3. The summed E-state index contributed by atoms with van der Waals surface area (Å²) in [6.07, 6.45) is 2.02. The van der Waals surface area contributed by atoms with Gasteiger partial charge in [0, 0.05) is 35.0 Å². The third kappa shape index (κ3) is 5.76. The molecule has 7 nitrogen and oxygen atoms in total. The summed E-state index contributed by atoms with van der Waals surface area (Å²) in [6.45, 7) is 5.96. The molecule has 0 saturated carbocycles. The molecule has 10 heteroatoms. The molecule has 2 heterocycles. The maximum absolute atomic E-state index is 12.1. The molecular weight excluding hydrogens is 394 g/mol. The summed E-state index contributed by atoms with van der Waals surface area (Å²) in [4.78, 5) is 27.7. The number of aryl methyl sites for hydroxylation is 4. The quantitative estimate of drug-likeness (QED) is 0.541. The summed E-state index contributed by atoms with van der Waals surface area (Å²) < 4.78 is 26.6. The lowest BCUT2D eigenvalue weighted by molar-refractivity contribution is -0.121. The maximum Gasteiger partial charge on any atom is 0.305 e. The van der Waals surface area contributed by atoms with Gasteiger partial charge in [0.15, 0.2) is 4.21 Å². The molecule has 2 rings (SSSR count). The number of rotatable bonds is 9. The van der Waals surface area contributed by atoms with E-state index in [-0.39, 0.29) is 23.2 Å². The summed E-state index contributed by atoms with van der Waals surface area (Å²) in [5.41, 5.74) is 1.60. The van der Waals surface area contributed by atoms with Crippen molar-refractivity contribution in [2.45, 2.75) is 44.2 Å². The lowest BCUT2D eigenvalue weighted by Gasteiger charge is -2.07. The number of hydrogen-bond donors (Lipinski definition) is 3. The Kier molecular flexibility index (Phi) is 7.16. The van der Waals surface area contributed by atoms with Crippen molar-refractivity contribution in [2.75, 3.05) is 13.1 Å². The van der Waals surface area contributed by atoms with Crippen LogP contribution in [0.1, 0.15) is 33.9 Å². The Morgan fingerprint density at radius 1 is 1.19 bits per heavy atom. The number of carbonyl (C=O) groups is 1. The van der Waals surface area contributed by atoms with Crippen LogP contribution in [-0.2, 0) is 21.2 Å². The Bertz CT molecular complexity index is 925. The zero-order valence-electron chi connectivity index (χ0n) is 15.0. The van der Waals surface area contributed by atoms with Crippen molar-refractivity contribution in [1.82, 2.24) is 15.0 Å². The summed E-state index contributed by atoms with van der Waals surface area (Å²) in [5, 5.41) is 2.70.